The van der Waals surface area contributed by atoms with Crippen LogP contribution in [0.5, 0.6) is 0 Å². The number of nitrogen functional groups attached to an aromatic ring is 1. The Balaban J connectivity index is 2.88. The molecule has 1 aromatic heterocycles. The van der Waals surface area contributed by atoms with Gasteiger partial charge in [0.15, 0.2) is 0 Å². The molecule has 1 heterocycles. The van der Waals surface area contributed by atoms with Gasteiger partial charge >= 0.3 is 58.0 Å². The van der Waals surface area contributed by atoms with Crippen LogP contribution in [-0.2, 0) is 0 Å². The molecule has 0 atom stereocenters. The minimum absolute atomic E-state index is 0.473. The van der Waals surface area contributed by atoms with Gasteiger partial charge in [0.25, 0.3) is 0 Å². The first kappa shape index (κ1) is 5.53. The number of rotatable bonds is 0. The Hall–Kier alpha value is -1.25. The van der Waals surface area contributed by atoms with Crippen LogP contribution in [0.15, 0.2) is 28.7 Å². The van der Waals surface area contributed by atoms with Crippen LogP contribution in [0.3, 0.4) is 0 Å². The van der Waals surface area contributed by atoms with Crippen LogP contribution in [0.25, 0.3) is 10.9 Å². The standard InChI is InChI=1S/C7H6BNO/c9-7-8-5-3-1-2-4-6(5)10-7/h1-4H,9H2. The van der Waals surface area contributed by atoms with Crippen molar-refractivity contribution in [3.63, 3.8) is 0 Å². The Morgan fingerprint density at radius 1 is 1.30 bits per heavy atom. The molecule has 0 radical (unpaired) electrons. The molecule has 48 valence electrons. The summed E-state index contributed by atoms with van der Waals surface area (Å²) in [6.45, 7) is 1.81. The molecular formula is C7H6BNO. The summed E-state index contributed by atoms with van der Waals surface area (Å²) in [7, 11) is 0. The summed E-state index contributed by atoms with van der Waals surface area (Å²) >= 11 is 0. The van der Waals surface area contributed by atoms with Gasteiger partial charge in [-0.15, -0.1) is 0 Å². The Bertz CT molecular complexity index is 322. The average Bonchev–Trinajstić information content (AvgIpc) is 2.27. The monoisotopic (exact) mass is 131 g/mol. The zero-order chi connectivity index (χ0) is 6.97. The summed E-state index contributed by atoms with van der Waals surface area (Å²) in [6, 6.07) is 7.74. The molecular weight excluding hydrogens is 125 g/mol. The zero-order valence-electron chi connectivity index (χ0n) is 5.37. The van der Waals surface area contributed by atoms with E-state index in [0.29, 0.717) is 5.78 Å². The van der Waals surface area contributed by atoms with Crippen LogP contribution >= 0.6 is 0 Å². The molecule has 3 heteroatoms. The van der Waals surface area contributed by atoms with Crippen LogP contribution in [0.2, 0.25) is 0 Å². The van der Waals surface area contributed by atoms with Crippen LogP contribution in [-0.4, -0.2) is 6.91 Å². The fourth-order valence-electron chi connectivity index (χ4n) is 1.00. The van der Waals surface area contributed by atoms with Crippen molar-refractivity contribution < 1.29 is 4.42 Å². The van der Waals surface area contributed by atoms with Crippen molar-refractivity contribution in [3.8, 4) is 0 Å². The summed E-state index contributed by atoms with van der Waals surface area (Å²) < 4.78 is 5.15. The van der Waals surface area contributed by atoms with Crippen molar-refractivity contribution in [2.45, 2.75) is 0 Å². The second-order valence-corrected chi connectivity index (χ2v) is 2.19. The van der Waals surface area contributed by atoms with Crippen LogP contribution in [0, 0.1) is 0 Å². The minimum atomic E-state index is 0.473. The Morgan fingerprint density at radius 3 is 2.90 bits per heavy atom. The molecule has 0 fully saturated rings. The maximum absolute atomic E-state index is 5.42. The van der Waals surface area contributed by atoms with Gasteiger partial charge in [0.05, 0.1) is 0 Å². The van der Waals surface area contributed by atoms with Gasteiger partial charge in [-0.2, -0.15) is 0 Å². The van der Waals surface area contributed by atoms with Gasteiger partial charge in [0.1, 0.15) is 0 Å². The number of anilines is 1. The first-order valence-corrected chi connectivity index (χ1v) is 3.10. The molecule has 0 unspecified atom stereocenters. The van der Waals surface area contributed by atoms with E-state index in [1.54, 1.807) is 0 Å². The predicted octanol–water partition coefficient (Wildman–Crippen LogP) is 1.35. The number of benzene rings is 1. The number of hydrogen-bond acceptors (Lipinski definition) is 2. The van der Waals surface area contributed by atoms with Gasteiger partial charge in [-0.25, -0.2) is 0 Å². The van der Waals surface area contributed by atoms with Crippen molar-refractivity contribution in [2.24, 2.45) is 0 Å². The zero-order valence-corrected chi connectivity index (χ0v) is 5.37. The molecule has 2 nitrogen and oxygen atoms in total. The van der Waals surface area contributed by atoms with Crippen molar-refractivity contribution in [1.82, 2.24) is 0 Å². The average molecular weight is 131 g/mol. The van der Waals surface area contributed by atoms with Gasteiger partial charge in [0.2, 0.25) is 0 Å². The van der Waals surface area contributed by atoms with Crippen LogP contribution in [0.1, 0.15) is 0 Å². The van der Waals surface area contributed by atoms with E-state index in [9.17, 15) is 0 Å². The Labute approximate surface area is 58.8 Å². The predicted molar refractivity (Wildman–Crippen MR) is 42.0 cm³/mol. The van der Waals surface area contributed by atoms with Crippen LogP contribution < -0.4 is 5.73 Å². The van der Waals surface area contributed by atoms with Gasteiger partial charge in [0, 0.05) is 0 Å². The van der Waals surface area contributed by atoms with E-state index >= 15 is 0 Å². The van der Waals surface area contributed by atoms with E-state index in [-0.39, 0.29) is 0 Å². The van der Waals surface area contributed by atoms with E-state index in [4.69, 9.17) is 10.2 Å². The molecule has 2 N–H and O–H groups in total. The summed E-state index contributed by atoms with van der Waals surface area (Å²) in [6.07, 6.45) is 0. The number of nitrogens with two attached hydrogens (primary N) is 1. The Morgan fingerprint density at radius 2 is 2.10 bits per heavy atom. The summed E-state index contributed by atoms with van der Waals surface area (Å²) in [4.78, 5) is 0. The summed E-state index contributed by atoms with van der Waals surface area (Å²) in [5.41, 5.74) is 6.27. The second kappa shape index (κ2) is 1.87. The first-order chi connectivity index (χ1) is 4.86. The molecule has 0 aliphatic rings. The maximum atomic E-state index is 5.42. The first-order valence-electron chi connectivity index (χ1n) is 3.10. The third-order valence-electron chi connectivity index (χ3n) is 1.44. The number of hydrogen-bond donors (Lipinski definition) is 1. The van der Waals surface area contributed by atoms with Crippen molar-refractivity contribution >= 4 is 23.6 Å². The summed E-state index contributed by atoms with van der Waals surface area (Å²) in [5, 5.41) is 1.06. The molecule has 0 saturated heterocycles. The van der Waals surface area contributed by atoms with E-state index in [2.05, 4.69) is 0 Å². The van der Waals surface area contributed by atoms with Crippen LogP contribution in [0.4, 0.5) is 5.78 Å². The third-order valence-corrected chi connectivity index (χ3v) is 1.44. The molecule has 0 amide bonds. The molecule has 0 spiro atoms. The van der Waals surface area contributed by atoms with Crippen molar-refractivity contribution in [1.29, 1.82) is 0 Å². The SMILES string of the molecule is Nc1bc2ccccc2o1. The normalized spacial score (nSPS) is 10.0. The Kier molecular flexibility index (Phi) is 1.03. The van der Waals surface area contributed by atoms with E-state index in [0.717, 1.165) is 10.9 Å². The van der Waals surface area contributed by atoms with E-state index in [1.165, 1.54) is 0 Å². The molecule has 0 aliphatic carbocycles. The van der Waals surface area contributed by atoms with Gasteiger partial charge in [-0.3, -0.25) is 0 Å². The molecule has 0 aliphatic heterocycles. The van der Waals surface area contributed by atoms with Crippen molar-refractivity contribution in [2.75, 3.05) is 5.73 Å². The number of para-hydroxylation sites is 1. The van der Waals surface area contributed by atoms with Gasteiger partial charge < -0.3 is 0 Å². The summed E-state index contributed by atoms with van der Waals surface area (Å²) in [5.74, 6) is 0.473. The quantitative estimate of drug-likeness (QED) is 0.585. The topological polar surface area (TPSA) is 39.2 Å². The molecule has 0 saturated carbocycles. The second-order valence-electron chi connectivity index (χ2n) is 2.19. The van der Waals surface area contributed by atoms with E-state index in [1.807, 2.05) is 31.2 Å². The van der Waals surface area contributed by atoms with Gasteiger partial charge in [-0.05, 0) is 0 Å². The van der Waals surface area contributed by atoms with Crippen molar-refractivity contribution in [3.05, 3.63) is 24.3 Å². The molecule has 2 rings (SSSR count). The number of fused-ring (bicyclic) bond motifs is 1. The molecule has 1 aromatic carbocycles. The fourth-order valence-corrected chi connectivity index (χ4v) is 1.00. The van der Waals surface area contributed by atoms with Gasteiger partial charge in [-0.1, -0.05) is 0 Å². The molecule has 2 aromatic rings. The van der Waals surface area contributed by atoms with E-state index < -0.39 is 0 Å². The fraction of sp³-hybridized carbons (Fsp3) is 0. The molecule has 10 heavy (non-hydrogen) atoms. The molecule has 0 bridgehead atoms. The third kappa shape index (κ3) is 0.710.